The minimum absolute atomic E-state index is 0.0673. The molecule has 1 aromatic carbocycles. The van der Waals surface area contributed by atoms with Crippen LogP contribution in [-0.4, -0.2) is 53.5 Å². The molecule has 0 atom stereocenters. The minimum Gasteiger partial charge on any atom is -0.480 e. The van der Waals surface area contributed by atoms with E-state index in [1.54, 1.807) is 24.1 Å². The number of rotatable bonds is 8. The molecule has 0 aliphatic heterocycles. The molecule has 6 heteroatoms. The Balaban J connectivity index is 2.55. The molecule has 5 nitrogen and oxygen atoms in total. The van der Waals surface area contributed by atoms with Crippen LogP contribution in [-0.2, 0) is 16.1 Å². The van der Waals surface area contributed by atoms with E-state index in [1.165, 1.54) is 17.0 Å². The van der Waals surface area contributed by atoms with Gasteiger partial charge in [0.1, 0.15) is 5.82 Å². The Labute approximate surface area is 124 Å². The Morgan fingerprint density at radius 1 is 1.19 bits per heavy atom. The molecule has 0 unspecified atom stereocenters. The van der Waals surface area contributed by atoms with Crippen LogP contribution >= 0.6 is 0 Å². The highest BCUT2D eigenvalue weighted by Gasteiger charge is 2.16. The summed E-state index contributed by atoms with van der Waals surface area (Å²) in [7, 11) is 1.65. The number of amides is 1. The van der Waals surface area contributed by atoms with Crippen molar-refractivity contribution in [3.8, 4) is 0 Å². The van der Waals surface area contributed by atoms with Crippen LogP contribution in [0.1, 0.15) is 18.9 Å². The number of benzene rings is 1. The zero-order chi connectivity index (χ0) is 15.8. The summed E-state index contributed by atoms with van der Waals surface area (Å²) in [6.45, 7) is 2.78. The predicted molar refractivity (Wildman–Crippen MR) is 77.2 cm³/mol. The van der Waals surface area contributed by atoms with Crippen molar-refractivity contribution >= 4 is 11.9 Å². The van der Waals surface area contributed by atoms with Crippen LogP contribution in [0.2, 0.25) is 0 Å². The van der Waals surface area contributed by atoms with Crippen LogP contribution in [0, 0.1) is 5.82 Å². The molecule has 0 bridgehead atoms. The molecule has 0 fully saturated rings. The number of carboxylic acid groups (broad SMARTS) is 1. The van der Waals surface area contributed by atoms with Crippen LogP contribution in [0.25, 0.3) is 0 Å². The lowest BCUT2D eigenvalue weighted by Crippen LogP contribution is -2.40. The third-order valence-electron chi connectivity index (χ3n) is 3.02. The van der Waals surface area contributed by atoms with Crippen molar-refractivity contribution in [2.45, 2.75) is 19.9 Å². The van der Waals surface area contributed by atoms with Gasteiger partial charge in [-0.2, -0.15) is 0 Å². The first-order valence-corrected chi connectivity index (χ1v) is 6.85. The van der Waals surface area contributed by atoms with Crippen LogP contribution in [0.3, 0.4) is 0 Å². The van der Waals surface area contributed by atoms with Crippen LogP contribution in [0.5, 0.6) is 0 Å². The van der Waals surface area contributed by atoms with Crippen LogP contribution in [0.15, 0.2) is 24.3 Å². The zero-order valence-electron chi connectivity index (χ0n) is 12.4. The molecular weight excluding hydrogens is 275 g/mol. The summed E-state index contributed by atoms with van der Waals surface area (Å²) in [5.41, 5.74) is 0.826. The van der Waals surface area contributed by atoms with E-state index in [2.05, 4.69) is 0 Å². The maximum absolute atomic E-state index is 12.8. The largest absolute Gasteiger partial charge is 0.480 e. The fourth-order valence-corrected chi connectivity index (χ4v) is 1.99. The highest BCUT2D eigenvalue weighted by atomic mass is 19.1. The maximum Gasteiger partial charge on any atom is 0.317 e. The summed E-state index contributed by atoms with van der Waals surface area (Å²) < 4.78 is 12.8. The van der Waals surface area contributed by atoms with Gasteiger partial charge in [-0.1, -0.05) is 19.1 Å². The average Bonchev–Trinajstić information content (AvgIpc) is 2.40. The van der Waals surface area contributed by atoms with Gasteiger partial charge >= 0.3 is 5.97 Å². The van der Waals surface area contributed by atoms with Gasteiger partial charge in [0, 0.05) is 13.6 Å². The van der Waals surface area contributed by atoms with Crippen molar-refractivity contribution < 1.29 is 19.1 Å². The van der Waals surface area contributed by atoms with E-state index in [0.717, 1.165) is 12.0 Å². The van der Waals surface area contributed by atoms with Gasteiger partial charge in [-0.25, -0.2) is 4.39 Å². The SMILES string of the molecule is CCCN(CC(=O)O)CC(=O)N(C)Cc1ccc(F)cc1. The summed E-state index contributed by atoms with van der Waals surface area (Å²) in [5, 5.41) is 8.82. The topological polar surface area (TPSA) is 60.9 Å². The molecule has 1 aromatic rings. The number of likely N-dealkylation sites (N-methyl/N-ethyl adjacent to an activating group) is 1. The molecule has 1 N–H and O–H groups in total. The number of aliphatic carboxylic acids is 1. The van der Waals surface area contributed by atoms with Crippen molar-refractivity contribution in [3.05, 3.63) is 35.6 Å². The smallest absolute Gasteiger partial charge is 0.317 e. The molecule has 0 aromatic heterocycles. The van der Waals surface area contributed by atoms with E-state index in [1.807, 2.05) is 6.92 Å². The first kappa shape index (κ1) is 17.1. The van der Waals surface area contributed by atoms with E-state index in [-0.39, 0.29) is 24.8 Å². The van der Waals surface area contributed by atoms with E-state index in [9.17, 15) is 14.0 Å². The highest BCUT2D eigenvalue weighted by Crippen LogP contribution is 2.06. The monoisotopic (exact) mass is 296 g/mol. The second kappa shape index (κ2) is 8.36. The van der Waals surface area contributed by atoms with Gasteiger partial charge in [-0.3, -0.25) is 14.5 Å². The van der Waals surface area contributed by atoms with Crippen LogP contribution < -0.4 is 0 Å². The van der Waals surface area contributed by atoms with Crippen molar-refractivity contribution in [3.63, 3.8) is 0 Å². The first-order valence-electron chi connectivity index (χ1n) is 6.85. The van der Waals surface area contributed by atoms with Crippen molar-refractivity contribution in [2.24, 2.45) is 0 Å². The number of carbonyl (C=O) groups excluding carboxylic acids is 1. The Hall–Kier alpha value is -1.95. The predicted octanol–water partition coefficient (Wildman–Crippen LogP) is 1.58. The van der Waals surface area contributed by atoms with Gasteiger partial charge in [-0.15, -0.1) is 0 Å². The Morgan fingerprint density at radius 2 is 1.81 bits per heavy atom. The van der Waals surface area contributed by atoms with Gasteiger partial charge in [0.15, 0.2) is 0 Å². The second-order valence-electron chi connectivity index (χ2n) is 4.98. The first-order chi connectivity index (χ1) is 9.92. The number of carboxylic acids is 1. The Bertz CT molecular complexity index is 476. The van der Waals surface area contributed by atoms with Crippen LogP contribution in [0.4, 0.5) is 4.39 Å². The summed E-state index contributed by atoms with van der Waals surface area (Å²) in [6, 6.07) is 5.95. The third kappa shape index (κ3) is 6.35. The molecular formula is C15H21FN2O3. The number of hydrogen-bond donors (Lipinski definition) is 1. The second-order valence-corrected chi connectivity index (χ2v) is 4.98. The molecule has 0 aliphatic carbocycles. The summed E-state index contributed by atoms with van der Waals surface area (Å²) in [4.78, 5) is 26.0. The fraction of sp³-hybridized carbons (Fsp3) is 0.467. The summed E-state index contributed by atoms with van der Waals surface area (Å²) >= 11 is 0. The lowest BCUT2D eigenvalue weighted by Gasteiger charge is -2.23. The number of halogens is 1. The number of hydrogen-bond acceptors (Lipinski definition) is 3. The van der Waals surface area contributed by atoms with Crippen molar-refractivity contribution in [2.75, 3.05) is 26.7 Å². The standard InChI is InChI=1S/C15H21FN2O3/c1-3-8-18(11-15(20)21)10-14(19)17(2)9-12-4-6-13(16)7-5-12/h4-7H,3,8-11H2,1-2H3,(H,20,21). The molecule has 21 heavy (non-hydrogen) atoms. The Kier molecular flexibility index (Phi) is 6.81. The van der Waals surface area contributed by atoms with Gasteiger partial charge in [0.2, 0.25) is 5.91 Å². The molecule has 0 radical (unpaired) electrons. The van der Waals surface area contributed by atoms with E-state index < -0.39 is 5.97 Å². The van der Waals surface area contributed by atoms with E-state index >= 15 is 0 Å². The van der Waals surface area contributed by atoms with Gasteiger partial charge in [0.25, 0.3) is 0 Å². The molecule has 1 rings (SSSR count). The molecule has 1 amide bonds. The molecule has 0 aliphatic rings. The van der Waals surface area contributed by atoms with E-state index in [0.29, 0.717) is 13.1 Å². The quantitative estimate of drug-likeness (QED) is 0.791. The zero-order valence-corrected chi connectivity index (χ0v) is 12.4. The fourth-order valence-electron chi connectivity index (χ4n) is 1.99. The van der Waals surface area contributed by atoms with Gasteiger partial charge < -0.3 is 10.0 Å². The van der Waals surface area contributed by atoms with Gasteiger partial charge in [-0.05, 0) is 30.7 Å². The third-order valence-corrected chi connectivity index (χ3v) is 3.02. The van der Waals surface area contributed by atoms with Crippen molar-refractivity contribution in [1.29, 1.82) is 0 Å². The molecule has 0 spiro atoms. The summed E-state index contributed by atoms with van der Waals surface area (Å²) in [6.07, 6.45) is 0.780. The highest BCUT2D eigenvalue weighted by molar-refractivity contribution is 5.79. The molecule has 116 valence electrons. The van der Waals surface area contributed by atoms with Crippen molar-refractivity contribution in [1.82, 2.24) is 9.80 Å². The molecule has 0 saturated carbocycles. The number of nitrogens with zero attached hydrogens (tertiary/aromatic N) is 2. The molecule has 0 saturated heterocycles. The number of carbonyl (C=O) groups is 2. The lowest BCUT2D eigenvalue weighted by atomic mass is 10.2. The average molecular weight is 296 g/mol. The summed E-state index contributed by atoms with van der Waals surface area (Å²) in [5.74, 6) is -1.42. The lowest BCUT2D eigenvalue weighted by molar-refractivity contribution is -0.139. The van der Waals surface area contributed by atoms with E-state index in [4.69, 9.17) is 5.11 Å². The van der Waals surface area contributed by atoms with Gasteiger partial charge in [0.05, 0.1) is 13.1 Å². The minimum atomic E-state index is -0.947. The molecule has 0 heterocycles. The maximum atomic E-state index is 12.8. The normalized spacial score (nSPS) is 10.7. The Morgan fingerprint density at radius 3 is 2.33 bits per heavy atom.